The molecule has 0 atom stereocenters. The summed E-state index contributed by atoms with van der Waals surface area (Å²) in [6, 6.07) is 5.32. The maximum atomic E-state index is 12.1. The smallest absolute Gasteiger partial charge is 0.348 e. The zero-order chi connectivity index (χ0) is 15.8. The molecule has 1 heterocycles. The van der Waals surface area contributed by atoms with Crippen LogP contribution in [0.3, 0.4) is 0 Å². The van der Waals surface area contributed by atoms with Gasteiger partial charge in [0.25, 0.3) is 5.56 Å². The molecule has 21 heavy (non-hydrogen) atoms. The highest BCUT2D eigenvalue weighted by Crippen LogP contribution is 2.27. The summed E-state index contributed by atoms with van der Waals surface area (Å²) in [7, 11) is 0. The monoisotopic (exact) mass is 401 g/mol. The van der Waals surface area contributed by atoms with Crippen LogP contribution in [-0.4, -0.2) is 21.7 Å². The third-order valence-corrected chi connectivity index (χ3v) is 3.69. The van der Waals surface area contributed by atoms with Crippen LogP contribution in [0, 0.1) is 0 Å². The predicted molar refractivity (Wildman–Crippen MR) is 89.1 cm³/mol. The third kappa shape index (κ3) is 3.37. The number of H-pyrrole nitrogens is 1. The fourth-order valence-electron chi connectivity index (χ4n) is 1.92. The van der Waals surface area contributed by atoms with E-state index in [0.717, 1.165) is 9.99 Å². The van der Waals surface area contributed by atoms with Gasteiger partial charge in [0.1, 0.15) is 11.4 Å². The van der Waals surface area contributed by atoms with Gasteiger partial charge in [-0.2, -0.15) is 0 Å². The van der Waals surface area contributed by atoms with E-state index in [9.17, 15) is 14.7 Å². The van der Waals surface area contributed by atoms with E-state index in [0.29, 0.717) is 10.9 Å². The van der Waals surface area contributed by atoms with E-state index in [2.05, 4.69) is 27.6 Å². The van der Waals surface area contributed by atoms with Crippen LogP contribution in [0.2, 0.25) is 0 Å². The second kappa shape index (κ2) is 5.67. The molecule has 0 amide bonds. The van der Waals surface area contributed by atoms with Gasteiger partial charge in [0.15, 0.2) is 5.56 Å². The number of halogens is 1. The van der Waals surface area contributed by atoms with E-state index >= 15 is 0 Å². The van der Waals surface area contributed by atoms with Crippen molar-refractivity contribution in [3.63, 3.8) is 0 Å². The lowest BCUT2D eigenvalue weighted by atomic mass is 10.1. The van der Waals surface area contributed by atoms with Crippen LogP contribution >= 0.6 is 22.6 Å². The van der Waals surface area contributed by atoms with Crippen molar-refractivity contribution in [3.8, 4) is 5.75 Å². The molecule has 0 fully saturated rings. The van der Waals surface area contributed by atoms with Gasteiger partial charge in [-0.1, -0.05) is 28.7 Å². The summed E-state index contributed by atoms with van der Waals surface area (Å²) in [6.07, 6.45) is 0. The number of pyridine rings is 1. The number of aromatic nitrogens is 1. The van der Waals surface area contributed by atoms with Crippen LogP contribution in [0.4, 0.5) is 0 Å². The number of carbonyl (C=O) groups is 1. The van der Waals surface area contributed by atoms with E-state index in [4.69, 9.17) is 4.74 Å². The number of aromatic hydroxyl groups is 1. The Kier molecular flexibility index (Phi) is 4.27. The quantitative estimate of drug-likeness (QED) is 0.461. The van der Waals surface area contributed by atoms with Gasteiger partial charge in [-0.15, -0.1) is 0 Å². The maximum absolute atomic E-state index is 12.1. The molecule has 2 aromatic rings. The van der Waals surface area contributed by atoms with Gasteiger partial charge >= 0.3 is 5.97 Å². The molecule has 6 heteroatoms. The summed E-state index contributed by atoms with van der Waals surface area (Å²) < 4.78 is 5.93. The first kappa shape index (κ1) is 15.8. The molecule has 0 unspecified atom stereocenters. The molecule has 0 radical (unpaired) electrons. The van der Waals surface area contributed by atoms with Gasteiger partial charge < -0.3 is 14.8 Å². The standard InChI is InChI=1S/C15H16INO4/c1-15(2,3)21-14(20)11-12(18)9-6-8(7-16)4-5-10(9)17-13(11)19/h4-6H,7H2,1-3H3,(H2,17,18,19). The summed E-state index contributed by atoms with van der Waals surface area (Å²) in [5.41, 5.74) is -0.284. The van der Waals surface area contributed by atoms with Crippen LogP contribution < -0.4 is 5.56 Å². The van der Waals surface area contributed by atoms with Crippen LogP contribution in [0.25, 0.3) is 10.9 Å². The number of hydrogen-bond donors (Lipinski definition) is 2. The molecule has 0 spiro atoms. The molecule has 0 bridgehead atoms. The van der Waals surface area contributed by atoms with Crippen molar-refractivity contribution in [3.05, 3.63) is 39.7 Å². The van der Waals surface area contributed by atoms with E-state index < -0.39 is 17.1 Å². The zero-order valence-corrected chi connectivity index (χ0v) is 14.1. The number of benzene rings is 1. The van der Waals surface area contributed by atoms with E-state index in [1.165, 1.54) is 0 Å². The number of fused-ring (bicyclic) bond motifs is 1. The molecule has 0 aliphatic carbocycles. The predicted octanol–water partition coefficient (Wildman–Crippen LogP) is 3.12. The first-order chi connectivity index (χ1) is 9.73. The molecular weight excluding hydrogens is 385 g/mol. The van der Waals surface area contributed by atoms with Crippen molar-refractivity contribution < 1.29 is 14.6 Å². The lowest BCUT2D eigenvalue weighted by molar-refractivity contribution is 0.00651. The van der Waals surface area contributed by atoms with E-state index in [-0.39, 0.29) is 11.3 Å². The molecule has 2 N–H and O–H groups in total. The number of carbonyl (C=O) groups excluding carboxylic acids is 1. The van der Waals surface area contributed by atoms with Crippen molar-refractivity contribution in [2.24, 2.45) is 0 Å². The molecule has 1 aromatic carbocycles. The number of hydrogen-bond acceptors (Lipinski definition) is 4. The number of rotatable bonds is 2. The number of alkyl halides is 1. The first-order valence-corrected chi connectivity index (χ1v) is 7.92. The summed E-state index contributed by atoms with van der Waals surface area (Å²) in [5.74, 6) is -1.17. The Balaban J connectivity index is 2.64. The van der Waals surface area contributed by atoms with Crippen molar-refractivity contribution in [2.75, 3.05) is 0 Å². The lowest BCUT2D eigenvalue weighted by Crippen LogP contribution is -2.28. The Labute approximate surface area is 135 Å². The summed E-state index contributed by atoms with van der Waals surface area (Å²) >= 11 is 2.20. The van der Waals surface area contributed by atoms with Crippen molar-refractivity contribution in [2.45, 2.75) is 30.8 Å². The van der Waals surface area contributed by atoms with Gasteiger partial charge in [-0.3, -0.25) is 4.79 Å². The Morgan fingerprint density at radius 1 is 1.38 bits per heavy atom. The Hall–Kier alpha value is -1.57. The van der Waals surface area contributed by atoms with Gasteiger partial charge in [0.2, 0.25) is 0 Å². The Morgan fingerprint density at radius 3 is 2.62 bits per heavy atom. The van der Waals surface area contributed by atoms with Gasteiger partial charge in [-0.25, -0.2) is 4.79 Å². The number of ether oxygens (including phenoxy) is 1. The molecule has 2 rings (SSSR count). The highest BCUT2D eigenvalue weighted by molar-refractivity contribution is 14.1. The minimum absolute atomic E-state index is 0.338. The average Bonchev–Trinajstić information content (AvgIpc) is 2.36. The molecular formula is C15H16INO4. The van der Waals surface area contributed by atoms with Crippen LogP contribution in [0.5, 0.6) is 5.75 Å². The maximum Gasteiger partial charge on any atom is 0.348 e. The minimum atomic E-state index is -0.831. The number of esters is 1. The van der Waals surface area contributed by atoms with E-state index in [1.54, 1.807) is 32.9 Å². The number of nitrogens with one attached hydrogen (secondary N) is 1. The van der Waals surface area contributed by atoms with Crippen LogP contribution in [0.1, 0.15) is 36.7 Å². The molecule has 0 saturated heterocycles. The van der Waals surface area contributed by atoms with Crippen molar-refractivity contribution >= 4 is 39.5 Å². The van der Waals surface area contributed by atoms with Gasteiger partial charge in [-0.05, 0) is 38.5 Å². The zero-order valence-electron chi connectivity index (χ0n) is 12.0. The molecule has 0 aliphatic heterocycles. The van der Waals surface area contributed by atoms with Crippen LogP contribution in [0.15, 0.2) is 23.0 Å². The molecule has 0 saturated carbocycles. The Morgan fingerprint density at radius 2 is 2.05 bits per heavy atom. The largest absolute Gasteiger partial charge is 0.506 e. The van der Waals surface area contributed by atoms with Crippen molar-refractivity contribution in [1.82, 2.24) is 4.98 Å². The van der Waals surface area contributed by atoms with Gasteiger partial charge in [0.05, 0.1) is 5.52 Å². The fourth-order valence-corrected chi connectivity index (χ4v) is 2.40. The highest BCUT2D eigenvalue weighted by Gasteiger charge is 2.25. The van der Waals surface area contributed by atoms with Crippen molar-refractivity contribution in [1.29, 1.82) is 0 Å². The second-order valence-corrected chi connectivity index (χ2v) is 6.46. The summed E-state index contributed by atoms with van der Waals surface area (Å²) in [4.78, 5) is 26.7. The summed E-state index contributed by atoms with van der Waals surface area (Å²) in [6.45, 7) is 5.10. The molecule has 5 nitrogen and oxygen atoms in total. The minimum Gasteiger partial charge on any atom is -0.506 e. The first-order valence-electron chi connectivity index (χ1n) is 6.40. The molecule has 0 aliphatic rings. The third-order valence-electron chi connectivity index (χ3n) is 2.81. The number of aromatic amines is 1. The lowest BCUT2D eigenvalue weighted by Gasteiger charge is -2.19. The SMILES string of the molecule is CC(C)(C)OC(=O)c1c(O)c2cc(CI)ccc2[nH]c1=O. The second-order valence-electron chi connectivity index (χ2n) is 5.69. The summed E-state index contributed by atoms with van der Waals surface area (Å²) in [5, 5.41) is 10.7. The topological polar surface area (TPSA) is 79.4 Å². The highest BCUT2D eigenvalue weighted by atomic mass is 127. The normalized spacial score (nSPS) is 11.6. The van der Waals surface area contributed by atoms with E-state index in [1.807, 2.05) is 6.07 Å². The van der Waals surface area contributed by atoms with Gasteiger partial charge in [0, 0.05) is 9.81 Å². The van der Waals surface area contributed by atoms with Crippen LogP contribution in [-0.2, 0) is 9.16 Å². The molecule has 112 valence electrons. The fraction of sp³-hybridized carbons (Fsp3) is 0.333. The average molecular weight is 401 g/mol. The Bertz CT molecular complexity index is 759. The molecule has 1 aromatic heterocycles.